The van der Waals surface area contributed by atoms with Crippen LogP contribution in [-0.4, -0.2) is 68.5 Å². The molecular formula is C31H31NO10. The highest BCUT2D eigenvalue weighted by molar-refractivity contribution is 6.07. The number of benzene rings is 3. The number of hydrogen-bond donors (Lipinski definition) is 3. The summed E-state index contributed by atoms with van der Waals surface area (Å²) in [6.45, 7) is 0.379. The number of carbonyl (C=O) groups excluding carboxylic acids is 1. The summed E-state index contributed by atoms with van der Waals surface area (Å²) in [4.78, 5) is 13.6. The van der Waals surface area contributed by atoms with Gasteiger partial charge < -0.3 is 48.3 Å². The van der Waals surface area contributed by atoms with Gasteiger partial charge in [0.1, 0.15) is 5.69 Å². The molecule has 1 aliphatic heterocycles. The lowest BCUT2D eigenvalue weighted by atomic mass is 9.89. The topological polar surface area (TPSA) is 138 Å². The molecule has 2 heterocycles. The SMILES string of the molecule is COC(=O)c1c(-c2cc(OC)c(O)c(OC)c2)c(-c2cc(OC)c(O)c(OC)c2)c2n1CCc1cc(O)c(OC)cc1-2. The van der Waals surface area contributed by atoms with E-state index in [1.165, 1.54) is 42.7 Å². The van der Waals surface area contributed by atoms with Crippen molar-refractivity contribution < 1.29 is 48.5 Å². The van der Waals surface area contributed by atoms with Gasteiger partial charge in [0.15, 0.2) is 34.5 Å². The minimum absolute atomic E-state index is 0.00722. The van der Waals surface area contributed by atoms with Crippen LogP contribution < -0.4 is 23.7 Å². The van der Waals surface area contributed by atoms with Crippen LogP contribution in [0.1, 0.15) is 16.1 Å². The van der Waals surface area contributed by atoms with E-state index < -0.39 is 5.97 Å². The number of phenolic OH excluding ortho intramolecular Hbond substituents is 3. The molecule has 11 nitrogen and oxygen atoms in total. The van der Waals surface area contributed by atoms with E-state index in [0.717, 1.165) is 5.56 Å². The number of aryl methyl sites for hydroxylation is 1. The van der Waals surface area contributed by atoms with Crippen molar-refractivity contribution in [2.75, 3.05) is 42.7 Å². The minimum Gasteiger partial charge on any atom is -0.504 e. The lowest BCUT2D eigenvalue weighted by Gasteiger charge is -2.23. The first kappa shape index (κ1) is 28.3. The normalized spacial score (nSPS) is 11.8. The fourth-order valence-electron chi connectivity index (χ4n) is 5.50. The molecule has 1 aliphatic rings. The van der Waals surface area contributed by atoms with Gasteiger partial charge in [0.05, 0.1) is 48.4 Å². The zero-order valence-corrected chi connectivity index (χ0v) is 24.0. The molecule has 3 N–H and O–H groups in total. The van der Waals surface area contributed by atoms with Crippen molar-refractivity contribution in [3.05, 3.63) is 47.7 Å². The van der Waals surface area contributed by atoms with Crippen LogP contribution in [-0.2, 0) is 17.7 Å². The van der Waals surface area contributed by atoms with Crippen molar-refractivity contribution in [1.82, 2.24) is 4.57 Å². The first-order valence-corrected chi connectivity index (χ1v) is 12.9. The third-order valence-corrected chi connectivity index (χ3v) is 7.44. The van der Waals surface area contributed by atoms with Gasteiger partial charge in [-0.1, -0.05) is 0 Å². The molecule has 0 fully saturated rings. The van der Waals surface area contributed by atoms with E-state index in [2.05, 4.69) is 0 Å². The van der Waals surface area contributed by atoms with Gasteiger partial charge in [-0.15, -0.1) is 0 Å². The smallest absolute Gasteiger partial charge is 0.355 e. The zero-order chi connectivity index (χ0) is 30.3. The maximum atomic E-state index is 13.6. The van der Waals surface area contributed by atoms with Gasteiger partial charge in [-0.25, -0.2) is 4.79 Å². The van der Waals surface area contributed by atoms with Crippen molar-refractivity contribution in [3.63, 3.8) is 0 Å². The van der Waals surface area contributed by atoms with Crippen LogP contribution >= 0.6 is 0 Å². The first-order valence-electron chi connectivity index (χ1n) is 12.9. The number of carbonyl (C=O) groups is 1. The van der Waals surface area contributed by atoms with Crippen LogP contribution in [0.2, 0.25) is 0 Å². The largest absolute Gasteiger partial charge is 0.504 e. The molecule has 3 aromatic carbocycles. The van der Waals surface area contributed by atoms with Crippen molar-refractivity contribution in [2.24, 2.45) is 0 Å². The maximum Gasteiger partial charge on any atom is 0.355 e. The van der Waals surface area contributed by atoms with E-state index in [4.69, 9.17) is 28.4 Å². The molecule has 0 bridgehead atoms. The third-order valence-electron chi connectivity index (χ3n) is 7.44. The number of esters is 1. The molecule has 0 unspecified atom stereocenters. The Kier molecular flexibility index (Phi) is 7.42. The molecule has 0 aliphatic carbocycles. The quantitative estimate of drug-likeness (QED) is 0.246. The minimum atomic E-state index is -0.601. The van der Waals surface area contributed by atoms with Crippen molar-refractivity contribution in [1.29, 1.82) is 0 Å². The average molecular weight is 578 g/mol. The van der Waals surface area contributed by atoms with Crippen LogP contribution in [0.5, 0.6) is 46.0 Å². The third kappa shape index (κ3) is 4.33. The number of hydrogen-bond acceptors (Lipinski definition) is 10. The van der Waals surface area contributed by atoms with E-state index in [1.54, 1.807) is 36.4 Å². The number of aromatic nitrogens is 1. The fourth-order valence-corrected chi connectivity index (χ4v) is 5.50. The van der Waals surface area contributed by atoms with Crippen molar-refractivity contribution in [3.8, 4) is 79.5 Å². The fraction of sp³-hybridized carbons (Fsp3) is 0.258. The second-order valence-electron chi connectivity index (χ2n) is 9.48. The molecule has 0 saturated heterocycles. The highest BCUT2D eigenvalue weighted by atomic mass is 16.5. The summed E-state index contributed by atoms with van der Waals surface area (Å²) >= 11 is 0. The highest BCUT2D eigenvalue weighted by Crippen LogP contribution is 2.53. The van der Waals surface area contributed by atoms with Gasteiger partial charge in [0, 0.05) is 23.2 Å². The molecule has 220 valence electrons. The van der Waals surface area contributed by atoms with E-state index in [9.17, 15) is 20.1 Å². The van der Waals surface area contributed by atoms with E-state index in [1.807, 2.05) is 4.57 Å². The van der Waals surface area contributed by atoms with Crippen molar-refractivity contribution >= 4 is 5.97 Å². The molecular weight excluding hydrogens is 546 g/mol. The predicted molar refractivity (Wildman–Crippen MR) is 154 cm³/mol. The molecule has 42 heavy (non-hydrogen) atoms. The molecule has 0 spiro atoms. The summed E-state index contributed by atoms with van der Waals surface area (Å²) in [7, 11) is 8.43. The average Bonchev–Trinajstić information content (AvgIpc) is 3.36. The highest BCUT2D eigenvalue weighted by Gasteiger charge is 2.35. The van der Waals surface area contributed by atoms with Crippen LogP contribution in [0.3, 0.4) is 0 Å². The maximum absolute atomic E-state index is 13.6. The van der Waals surface area contributed by atoms with Gasteiger partial charge in [-0.05, 0) is 59.5 Å². The Balaban J connectivity index is 2.01. The molecule has 11 heteroatoms. The number of aromatic hydroxyl groups is 3. The van der Waals surface area contributed by atoms with Crippen LogP contribution in [0.25, 0.3) is 33.5 Å². The standard InChI is InChI=1S/C31H31NO10/c1-37-20-14-18-15(9-19(20)33)7-8-32-27(18)25(16-10-21(38-2)29(34)22(11-16)39-3)26(28(32)31(36)42-6)17-12-23(40-4)30(35)24(13-17)41-5/h9-14,33-35H,7-8H2,1-6H3. The second-order valence-corrected chi connectivity index (χ2v) is 9.48. The van der Waals surface area contributed by atoms with Gasteiger partial charge in [0.2, 0.25) is 11.5 Å². The number of fused-ring (bicyclic) bond motifs is 3. The van der Waals surface area contributed by atoms with Gasteiger partial charge in [-0.3, -0.25) is 0 Å². The lowest BCUT2D eigenvalue weighted by molar-refractivity contribution is 0.0589. The molecule has 1 aromatic heterocycles. The number of methoxy groups -OCH3 is 6. The molecule has 0 atom stereocenters. The number of nitrogens with zero attached hydrogens (tertiary/aromatic N) is 1. The van der Waals surface area contributed by atoms with E-state index in [-0.39, 0.29) is 51.7 Å². The number of rotatable bonds is 8. The summed E-state index contributed by atoms with van der Waals surface area (Å²) in [5.41, 5.74) is 4.45. The summed E-state index contributed by atoms with van der Waals surface area (Å²) in [6, 6.07) is 9.84. The predicted octanol–water partition coefficient (Wildman–Crippen LogP) is 4.99. The van der Waals surface area contributed by atoms with E-state index in [0.29, 0.717) is 46.5 Å². The molecule has 4 aromatic rings. The summed E-state index contributed by atoms with van der Waals surface area (Å²) in [5.74, 6) is -0.192. The molecule has 5 rings (SSSR count). The Morgan fingerprint density at radius 3 is 1.60 bits per heavy atom. The summed E-state index contributed by atoms with van der Waals surface area (Å²) < 4.78 is 34.4. The Bertz CT molecular complexity index is 1650. The molecule has 0 amide bonds. The van der Waals surface area contributed by atoms with Crippen LogP contribution in [0, 0.1) is 0 Å². The summed E-state index contributed by atoms with van der Waals surface area (Å²) in [5, 5.41) is 31.9. The Labute approximate surface area is 242 Å². The van der Waals surface area contributed by atoms with Gasteiger partial charge in [-0.2, -0.15) is 0 Å². The van der Waals surface area contributed by atoms with Crippen molar-refractivity contribution in [2.45, 2.75) is 13.0 Å². The molecule has 0 saturated carbocycles. The molecule has 0 radical (unpaired) electrons. The van der Waals surface area contributed by atoms with Gasteiger partial charge in [0.25, 0.3) is 0 Å². The number of ether oxygens (including phenoxy) is 6. The Morgan fingerprint density at radius 2 is 1.14 bits per heavy atom. The zero-order valence-electron chi connectivity index (χ0n) is 24.0. The van der Waals surface area contributed by atoms with Crippen LogP contribution in [0.15, 0.2) is 36.4 Å². The Hall–Kier alpha value is -5.19. The van der Waals surface area contributed by atoms with E-state index >= 15 is 0 Å². The summed E-state index contributed by atoms with van der Waals surface area (Å²) in [6.07, 6.45) is 0.502. The van der Waals surface area contributed by atoms with Crippen LogP contribution in [0.4, 0.5) is 0 Å². The lowest BCUT2D eigenvalue weighted by Crippen LogP contribution is -2.17. The van der Waals surface area contributed by atoms with Gasteiger partial charge >= 0.3 is 5.97 Å². The monoisotopic (exact) mass is 577 g/mol. The second kappa shape index (κ2) is 11.0. The first-order chi connectivity index (χ1) is 20.2. The number of phenols is 3. The Morgan fingerprint density at radius 1 is 0.667 bits per heavy atom.